The maximum Gasteiger partial charge on any atom is 0.289 e. The highest BCUT2D eigenvalue weighted by Gasteiger charge is 2.78. The SMILES string of the molecule is CC(C)(C)[C@H](NC(=O)[C@@H](NC(=O)c1cnccn1)C1CCCCC1)C(=O)N1C[C@@H]2CC3CC34[C@@H]2[C@H]1C(=O)N[C@@H]4C(=O)C(=O)NC1CC1. The predicted molar refractivity (Wildman–Crippen MR) is 167 cm³/mol. The van der Waals surface area contributed by atoms with Gasteiger partial charge in [0.2, 0.25) is 23.5 Å². The summed E-state index contributed by atoms with van der Waals surface area (Å²) in [5.41, 5.74) is -1.14. The smallest absolute Gasteiger partial charge is 0.289 e. The van der Waals surface area contributed by atoms with E-state index in [0.29, 0.717) is 6.54 Å². The fourth-order valence-corrected chi connectivity index (χ4v) is 9.24. The second-order valence-corrected chi connectivity index (χ2v) is 15.8. The molecule has 1 aromatic rings. The molecule has 13 heteroatoms. The Bertz CT molecular complexity index is 1490. The Morgan fingerprint density at radius 3 is 2.43 bits per heavy atom. The fourth-order valence-electron chi connectivity index (χ4n) is 9.24. The van der Waals surface area contributed by atoms with Crippen molar-refractivity contribution in [2.45, 2.75) is 109 Å². The number of nitrogens with one attached hydrogen (secondary N) is 4. The van der Waals surface area contributed by atoms with Gasteiger partial charge in [-0.15, -0.1) is 0 Å². The van der Waals surface area contributed by atoms with Gasteiger partial charge in [0, 0.05) is 36.3 Å². The summed E-state index contributed by atoms with van der Waals surface area (Å²) in [6.45, 7) is 5.96. The second kappa shape index (κ2) is 11.7. The van der Waals surface area contributed by atoms with E-state index in [4.69, 9.17) is 0 Å². The quantitative estimate of drug-likeness (QED) is 0.285. The van der Waals surface area contributed by atoms with Gasteiger partial charge in [-0.25, -0.2) is 4.98 Å². The van der Waals surface area contributed by atoms with E-state index in [0.717, 1.165) is 57.8 Å². The monoisotopic (exact) mass is 647 g/mol. The first-order valence-electron chi connectivity index (χ1n) is 17.2. The molecule has 5 amide bonds. The standard InChI is InChI=1S/C34H45N7O6/c1-33(2,3)27(40-29(44)23(17-7-5-4-6-8-17)38-28(43)21-15-35-11-12-36-21)32(47)41-16-18-13-19-14-34(19)22(18)24(41)30(45)39-26(34)25(42)31(46)37-20-9-10-20/h11-12,15,17-20,22-24,26-27H,4-10,13-14,16H2,1-3H3,(H,37,46)(H,38,43)(H,39,45)(H,40,44)/t18-,19?,22-,23-,24-,26+,27+,34?/m0/s1. The number of ketones is 1. The number of Topliss-reactive ketones (excluding diaryl/α,β-unsaturated/α-hetero) is 1. The van der Waals surface area contributed by atoms with Gasteiger partial charge in [0.05, 0.1) is 6.20 Å². The van der Waals surface area contributed by atoms with E-state index in [9.17, 15) is 28.8 Å². The highest BCUT2D eigenvalue weighted by molar-refractivity contribution is 6.39. The van der Waals surface area contributed by atoms with E-state index in [1.807, 2.05) is 20.8 Å². The van der Waals surface area contributed by atoms with Crippen LogP contribution in [0.3, 0.4) is 0 Å². The largest absolute Gasteiger partial charge is 0.347 e. The summed E-state index contributed by atoms with van der Waals surface area (Å²) >= 11 is 0. The van der Waals surface area contributed by atoms with Crippen molar-refractivity contribution in [3.63, 3.8) is 0 Å². The van der Waals surface area contributed by atoms with Crippen LogP contribution in [-0.4, -0.2) is 86.9 Å². The molecule has 7 rings (SSSR count). The molecule has 4 aliphatic carbocycles. The number of hydrogen-bond donors (Lipinski definition) is 4. The molecular formula is C34H45N7O6. The summed E-state index contributed by atoms with van der Waals surface area (Å²) in [5.74, 6) is -3.01. The third-order valence-corrected chi connectivity index (χ3v) is 11.7. The molecule has 8 atom stereocenters. The summed E-state index contributed by atoms with van der Waals surface area (Å²) in [7, 11) is 0. The minimum Gasteiger partial charge on any atom is -0.347 e. The zero-order chi connectivity index (χ0) is 33.2. The summed E-state index contributed by atoms with van der Waals surface area (Å²) in [6.07, 6.45) is 12.0. The van der Waals surface area contributed by atoms with E-state index >= 15 is 0 Å². The Hall–Kier alpha value is -3.90. The first-order valence-corrected chi connectivity index (χ1v) is 17.2. The zero-order valence-electron chi connectivity index (χ0n) is 27.3. The lowest BCUT2D eigenvalue weighted by molar-refractivity contribution is -0.150. The highest BCUT2D eigenvalue weighted by Crippen LogP contribution is 2.74. The Balaban J connectivity index is 1.11. The molecule has 1 aromatic heterocycles. The minimum absolute atomic E-state index is 0.0319. The lowest BCUT2D eigenvalue weighted by Gasteiger charge is -2.43. The van der Waals surface area contributed by atoms with Gasteiger partial charge < -0.3 is 26.2 Å². The van der Waals surface area contributed by atoms with Gasteiger partial charge in [-0.1, -0.05) is 40.0 Å². The number of amides is 5. The lowest BCUT2D eigenvalue weighted by atomic mass is 9.72. The predicted octanol–water partition coefficient (Wildman–Crippen LogP) is 0.886. The number of aromatic nitrogens is 2. The molecule has 0 radical (unpaired) electrons. The van der Waals surface area contributed by atoms with E-state index in [-0.39, 0.29) is 41.3 Å². The Labute approximate surface area is 274 Å². The normalized spacial score (nSPS) is 32.3. The van der Waals surface area contributed by atoms with Crippen LogP contribution in [0, 0.1) is 34.5 Å². The van der Waals surface area contributed by atoms with Gasteiger partial charge in [0.25, 0.3) is 11.8 Å². The number of likely N-dealkylation sites (tertiary alicyclic amines) is 1. The van der Waals surface area contributed by atoms with Crippen LogP contribution < -0.4 is 21.3 Å². The summed E-state index contributed by atoms with van der Waals surface area (Å²) in [4.78, 5) is 91.3. The molecule has 0 bridgehead atoms. The van der Waals surface area contributed by atoms with Crippen molar-refractivity contribution in [2.75, 3.05) is 6.54 Å². The maximum absolute atomic E-state index is 14.5. The Morgan fingerprint density at radius 1 is 1.02 bits per heavy atom. The number of rotatable bonds is 9. The molecule has 252 valence electrons. The van der Waals surface area contributed by atoms with Crippen LogP contribution in [0.15, 0.2) is 18.6 Å². The number of carbonyl (C=O) groups excluding carboxylic acids is 6. The van der Waals surface area contributed by atoms with Gasteiger partial charge in [-0.2, -0.15) is 0 Å². The number of nitrogens with zero attached hydrogens (tertiary/aromatic N) is 3. The van der Waals surface area contributed by atoms with Gasteiger partial charge in [-0.3, -0.25) is 33.8 Å². The van der Waals surface area contributed by atoms with Gasteiger partial charge in [0.1, 0.15) is 29.9 Å². The van der Waals surface area contributed by atoms with Crippen LogP contribution in [0.1, 0.15) is 89.0 Å². The van der Waals surface area contributed by atoms with Crippen LogP contribution in [0.4, 0.5) is 0 Å². The maximum atomic E-state index is 14.5. The van der Waals surface area contributed by atoms with E-state index in [2.05, 4.69) is 31.2 Å². The Morgan fingerprint density at radius 2 is 1.77 bits per heavy atom. The van der Waals surface area contributed by atoms with Gasteiger partial charge in [0.15, 0.2) is 0 Å². The first-order chi connectivity index (χ1) is 22.4. The average Bonchev–Trinajstić information content (AvgIpc) is 3.94. The molecular weight excluding hydrogens is 602 g/mol. The van der Waals surface area contributed by atoms with Crippen molar-refractivity contribution in [1.29, 1.82) is 0 Å². The fraction of sp³-hybridized carbons (Fsp3) is 0.706. The van der Waals surface area contributed by atoms with E-state index in [1.54, 1.807) is 4.90 Å². The zero-order valence-corrected chi connectivity index (χ0v) is 27.3. The van der Waals surface area contributed by atoms with Crippen molar-refractivity contribution in [3.05, 3.63) is 24.3 Å². The van der Waals surface area contributed by atoms with Crippen LogP contribution >= 0.6 is 0 Å². The van der Waals surface area contributed by atoms with Crippen LogP contribution in [0.2, 0.25) is 0 Å². The number of carbonyl (C=O) groups is 6. The third kappa shape index (κ3) is 5.58. The number of hydrogen-bond acceptors (Lipinski definition) is 8. The molecule has 2 unspecified atom stereocenters. The first kappa shape index (κ1) is 31.7. The van der Waals surface area contributed by atoms with Gasteiger partial charge in [-0.05, 0) is 61.7 Å². The average molecular weight is 648 g/mol. The summed E-state index contributed by atoms with van der Waals surface area (Å²) in [5, 5.41) is 11.6. The molecule has 13 nitrogen and oxygen atoms in total. The van der Waals surface area contributed by atoms with E-state index in [1.165, 1.54) is 18.6 Å². The third-order valence-electron chi connectivity index (χ3n) is 11.7. The topological polar surface area (TPSA) is 180 Å². The molecule has 6 fully saturated rings. The van der Waals surface area contributed by atoms with Crippen molar-refractivity contribution < 1.29 is 28.8 Å². The molecule has 4 N–H and O–H groups in total. The summed E-state index contributed by atoms with van der Waals surface area (Å²) in [6, 6.07) is -3.47. The Kier molecular flexibility index (Phi) is 7.86. The van der Waals surface area contributed by atoms with Gasteiger partial charge >= 0.3 is 0 Å². The van der Waals surface area contributed by atoms with Crippen LogP contribution in [0.5, 0.6) is 0 Å². The van der Waals surface area contributed by atoms with Crippen molar-refractivity contribution in [2.24, 2.45) is 34.5 Å². The molecule has 4 saturated carbocycles. The summed E-state index contributed by atoms with van der Waals surface area (Å²) < 4.78 is 0. The second-order valence-electron chi connectivity index (χ2n) is 15.8. The molecule has 2 saturated heterocycles. The molecule has 2 aliphatic heterocycles. The molecule has 3 heterocycles. The molecule has 47 heavy (non-hydrogen) atoms. The lowest BCUT2D eigenvalue weighted by Crippen LogP contribution is -2.67. The van der Waals surface area contributed by atoms with Crippen LogP contribution in [0.25, 0.3) is 0 Å². The minimum atomic E-state index is -0.976. The van der Waals surface area contributed by atoms with Crippen molar-refractivity contribution in [3.8, 4) is 0 Å². The molecule has 0 aromatic carbocycles. The van der Waals surface area contributed by atoms with Crippen molar-refractivity contribution >= 4 is 35.3 Å². The van der Waals surface area contributed by atoms with Crippen molar-refractivity contribution in [1.82, 2.24) is 36.1 Å². The molecule has 1 spiro atoms. The van der Waals surface area contributed by atoms with E-state index < -0.39 is 64.4 Å². The highest BCUT2D eigenvalue weighted by atomic mass is 16.2. The van der Waals surface area contributed by atoms with Crippen LogP contribution in [-0.2, 0) is 24.0 Å². The molecule has 6 aliphatic rings. The number of piperidine rings is 1.